The van der Waals surface area contributed by atoms with Crippen LogP contribution in [-0.2, 0) is 20.5 Å². The molecule has 9 heteroatoms. The van der Waals surface area contributed by atoms with Crippen LogP contribution in [0.25, 0.3) is 0 Å². The lowest BCUT2D eigenvalue weighted by Gasteiger charge is -2.29. The summed E-state index contributed by atoms with van der Waals surface area (Å²) in [4.78, 5) is 19.5. The average Bonchev–Trinajstić information content (AvgIpc) is 3.25. The van der Waals surface area contributed by atoms with Crippen LogP contribution in [0.15, 0.2) is 53.7 Å². The number of halogens is 3. The molecule has 1 N–H and O–H groups in total. The van der Waals surface area contributed by atoms with Crippen LogP contribution in [0.1, 0.15) is 17.5 Å². The molecule has 0 aromatic heterocycles. The van der Waals surface area contributed by atoms with Crippen molar-refractivity contribution in [1.82, 2.24) is 0 Å². The fourth-order valence-electron chi connectivity index (χ4n) is 3.43. The van der Waals surface area contributed by atoms with E-state index in [1.807, 2.05) is 35.2 Å². The van der Waals surface area contributed by atoms with E-state index >= 15 is 0 Å². The molecule has 0 radical (unpaired) electrons. The maximum atomic E-state index is 13.7. The van der Waals surface area contributed by atoms with Gasteiger partial charge in [-0.25, -0.2) is 0 Å². The molecule has 30 heavy (non-hydrogen) atoms. The molecule has 4 rings (SSSR count). The van der Waals surface area contributed by atoms with Crippen LogP contribution in [-0.4, -0.2) is 44.0 Å². The number of benzene rings is 2. The molecule has 1 atom stereocenters. The van der Waals surface area contributed by atoms with Gasteiger partial charge in [-0.05, 0) is 23.8 Å². The Morgan fingerprint density at radius 3 is 2.53 bits per heavy atom. The second-order valence-electron chi connectivity index (χ2n) is 7.02. The Morgan fingerprint density at radius 1 is 1.10 bits per heavy atom. The van der Waals surface area contributed by atoms with Crippen molar-refractivity contribution in [2.45, 2.75) is 18.7 Å². The number of nitrogens with one attached hydrogen (secondary N) is 1. The van der Waals surface area contributed by atoms with Crippen LogP contribution in [0.5, 0.6) is 0 Å². The number of nitrogens with zero attached hydrogens (tertiary/aromatic N) is 2. The first-order valence-corrected chi connectivity index (χ1v) is 9.55. The molecule has 0 saturated carbocycles. The zero-order valence-corrected chi connectivity index (χ0v) is 16.0. The van der Waals surface area contributed by atoms with Crippen molar-refractivity contribution in [2.75, 3.05) is 36.5 Å². The summed E-state index contributed by atoms with van der Waals surface area (Å²) < 4.78 is 46.2. The van der Waals surface area contributed by atoms with E-state index in [0.29, 0.717) is 37.7 Å². The highest BCUT2D eigenvalue weighted by Gasteiger charge is 2.36. The molecule has 1 amide bonds. The SMILES string of the molecule is O=C(Nc1ccc(N2CCOCC2)cc1C(F)(F)F)[C@@H]1CC(c2ccccc2)=NO1. The highest BCUT2D eigenvalue weighted by atomic mass is 19.4. The van der Waals surface area contributed by atoms with Crippen molar-refractivity contribution in [3.63, 3.8) is 0 Å². The summed E-state index contributed by atoms with van der Waals surface area (Å²) in [5.41, 5.74) is 0.617. The summed E-state index contributed by atoms with van der Waals surface area (Å²) in [6.45, 7) is 1.95. The van der Waals surface area contributed by atoms with Crippen LogP contribution < -0.4 is 10.2 Å². The molecule has 2 heterocycles. The Bertz CT molecular complexity index is 942. The molecule has 2 aliphatic rings. The lowest BCUT2D eigenvalue weighted by Crippen LogP contribution is -2.36. The van der Waals surface area contributed by atoms with E-state index in [0.717, 1.165) is 11.6 Å². The Morgan fingerprint density at radius 2 is 1.83 bits per heavy atom. The zero-order chi connectivity index (χ0) is 21.1. The van der Waals surface area contributed by atoms with E-state index in [1.54, 1.807) is 6.07 Å². The first kappa shape index (κ1) is 20.2. The van der Waals surface area contributed by atoms with E-state index < -0.39 is 23.8 Å². The Hall–Kier alpha value is -3.07. The van der Waals surface area contributed by atoms with E-state index in [9.17, 15) is 18.0 Å². The smallest absolute Gasteiger partial charge is 0.382 e. The van der Waals surface area contributed by atoms with Gasteiger partial charge < -0.3 is 19.8 Å². The lowest BCUT2D eigenvalue weighted by atomic mass is 10.0. The number of ether oxygens (including phenoxy) is 1. The molecule has 1 fully saturated rings. The third kappa shape index (κ3) is 4.40. The van der Waals surface area contributed by atoms with Crippen molar-refractivity contribution >= 4 is 23.0 Å². The zero-order valence-electron chi connectivity index (χ0n) is 16.0. The standard InChI is InChI=1S/C21H20F3N3O3/c22-21(23,24)16-12-15(27-8-10-29-11-9-27)6-7-17(16)25-20(28)19-13-18(26-30-19)14-4-2-1-3-5-14/h1-7,12,19H,8-11,13H2,(H,25,28)/t19-/m0/s1. The molecular weight excluding hydrogens is 399 g/mol. The minimum absolute atomic E-state index is 0.184. The summed E-state index contributed by atoms with van der Waals surface area (Å²) in [5, 5.41) is 6.27. The third-order valence-electron chi connectivity index (χ3n) is 5.01. The molecule has 0 unspecified atom stereocenters. The number of carbonyl (C=O) groups is 1. The van der Waals surface area contributed by atoms with Crippen molar-refractivity contribution in [3.05, 3.63) is 59.7 Å². The molecule has 2 aliphatic heterocycles. The van der Waals surface area contributed by atoms with Crippen molar-refractivity contribution in [1.29, 1.82) is 0 Å². The lowest BCUT2D eigenvalue weighted by molar-refractivity contribution is -0.137. The van der Waals surface area contributed by atoms with Crippen LogP contribution in [0, 0.1) is 0 Å². The summed E-state index contributed by atoms with van der Waals surface area (Å²) in [7, 11) is 0. The van der Waals surface area contributed by atoms with Gasteiger partial charge in [0.2, 0.25) is 6.10 Å². The molecular formula is C21H20F3N3O3. The van der Waals surface area contributed by atoms with Crippen molar-refractivity contribution < 1.29 is 27.5 Å². The summed E-state index contributed by atoms with van der Waals surface area (Å²) in [5.74, 6) is -0.672. The van der Waals surface area contributed by atoms with Gasteiger partial charge in [0.25, 0.3) is 5.91 Å². The molecule has 0 aliphatic carbocycles. The fraction of sp³-hybridized carbons (Fsp3) is 0.333. The van der Waals surface area contributed by atoms with Gasteiger partial charge in [0.1, 0.15) is 0 Å². The van der Waals surface area contributed by atoms with Gasteiger partial charge in [-0.1, -0.05) is 35.5 Å². The van der Waals surface area contributed by atoms with E-state index in [2.05, 4.69) is 10.5 Å². The Balaban J connectivity index is 1.49. The third-order valence-corrected chi connectivity index (χ3v) is 5.01. The largest absolute Gasteiger partial charge is 0.418 e. The molecule has 0 spiro atoms. The first-order chi connectivity index (χ1) is 14.4. The van der Waals surface area contributed by atoms with Crippen LogP contribution in [0.2, 0.25) is 0 Å². The fourth-order valence-corrected chi connectivity index (χ4v) is 3.43. The maximum Gasteiger partial charge on any atom is 0.418 e. The van der Waals surface area contributed by atoms with Crippen molar-refractivity contribution in [2.24, 2.45) is 5.16 Å². The normalized spacial score (nSPS) is 19.2. The molecule has 2 aromatic carbocycles. The number of hydrogen-bond acceptors (Lipinski definition) is 5. The van der Waals surface area contributed by atoms with Crippen LogP contribution >= 0.6 is 0 Å². The quantitative estimate of drug-likeness (QED) is 0.822. The van der Waals surface area contributed by atoms with Crippen molar-refractivity contribution in [3.8, 4) is 0 Å². The minimum atomic E-state index is -4.62. The average molecular weight is 419 g/mol. The number of amides is 1. The number of alkyl halides is 3. The second-order valence-corrected chi connectivity index (χ2v) is 7.02. The molecule has 158 valence electrons. The summed E-state index contributed by atoms with van der Waals surface area (Å²) >= 11 is 0. The number of carbonyl (C=O) groups excluding carboxylic acids is 1. The molecule has 1 saturated heterocycles. The van der Waals surface area contributed by atoms with Gasteiger partial charge in [0.15, 0.2) is 0 Å². The number of anilines is 2. The number of hydrogen-bond donors (Lipinski definition) is 1. The van der Waals surface area contributed by atoms with Gasteiger partial charge in [-0.15, -0.1) is 0 Å². The number of rotatable bonds is 4. The second kappa shape index (κ2) is 8.35. The highest BCUT2D eigenvalue weighted by molar-refractivity contribution is 6.06. The molecule has 2 aromatic rings. The molecule has 0 bridgehead atoms. The van der Waals surface area contributed by atoms with Gasteiger partial charge in [-0.2, -0.15) is 13.2 Å². The van der Waals surface area contributed by atoms with E-state index in [-0.39, 0.29) is 12.1 Å². The predicted molar refractivity (Wildman–Crippen MR) is 106 cm³/mol. The number of morpholine rings is 1. The maximum absolute atomic E-state index is 13.7. The van der Waals surface area contributed by atoms with E-state index in [4.69, 9.17) is 9.57 Å². The Kier molecular flexibility index (Phi) is 5.63. The summed E-state index contributed by atoms with van der Waals surface area (Å²) in [6, 6.07) is 13.1. The Labute approximate surface area is 171 Å². The van der Waals surface area contributed by atoms with Gasteiger partial charge >= 0.3 is 6.18 Å². The highest BCUT2D eigenvalue weighted by Crippen LogP contribution is 2.37. The predicted octanol–water partition coefficient (Wildman–Crippen LogP) is 3.67. The minimum Gasteiger partial charge on any atom is -0.382 e. The molecule has 6 nitrogen and oxygen atoms in total. The van der Waals surface area contributed by atoms with Gasteiger partial charge in [0.05, 0.1) is 30.2 Å². The first-order valence-electron chi connectivity index (χ1n) is 9.55. The summed E-state index contributed by atoms with van der Waals surface area (Å²) in [6.07, 6.45) is -5.42. The monoisotopic (exact) mass is 419 g/mol. The van der Waals surface area contributed by atoms with Gasteiger partial charge in [0, 0.05) is 25.2 Å². The number of oxime groups is 1. The van der Waals surface area contributed by atoms with Crippen LogP contribution in [0.4, 0.5) is 24.5 Å². The van der Waals surface area contributed by atoms with Gasteiger partial charge in [-0.3, -0.25) is 4.79 Å². The topological polar surface area (TPSA) is 63.2 Å². The van der Waals surface area contributed by atoms with Crippen LogP contribution in [0.3, 0.4) is 0 Å². The van der Waals surface area contributed by atoms with E-state index in [1.165, 1.54) is 6.07 Å².